The first-order chi connectivity index (χ1) is 6.98. The zero-order valence-electron chi connectivity index (χ0n) is 8.04. The van der Waals surface area contributed by atoms with E-state index in [1.807, 2.05) is 0 Å². The Morgan fingerprint density at radius 3 is 2.40 bits per heavy atom. The number of rotatable bonds is 4. The van der Waals surface area contributed by atoms with E-state index in [0.29, 0.717) is 5.56 Å². The van der Waals surface area contributed by atoms with Crippen molar-refractivity contribution < 1.29 is 12.6 Å². The normalized spacial score (nSPS) is 11.4. The van der Waals surface area contributed by atoms with Crippen molar-refractivity contribution in [1.29, 1.82) is 0 Å². The summed E-state index contributed by atoms with van der Waals surface area (Å²) in [5.74, 6) is 0.669. The lowest BCUT2D eigenvalue weighted by Crippen LogP contribution is -2.08. The van der Waals surface area contributed by atoms with Gasteiger partial charge >= 0.3 is 10.1 Å². The molecule has 0 aliphatic carbocycles. The van der Waals surface area contributed by atoms with Gasteiger partial charge < -0.3 is 4.18 Å². The van der Waals surface area contributed by atoms with Crippen LogP contribution in [0, 0.1) is 0 Å². The standard InChI is InChI=1S/C9H10Cl2O3S/c1-15(12,13)14-9-4-2-3-7(5-10)8(9)6-11/h2-4H,5-6H2,1H3. The minimum atomic E-state index is -3.54. The Hall–Kier alpha value is -0.450. The first-order valence-electron chi connectivity index (χ1n) is 4.10. The van der Waals surface area contributed by atoms with Crippen LogP contribution in [0.15, 0.2) is 18.2 Å². The molecule has 0 saturated carbocycles. The van der Waals surface area contributed by atoms with E-state index in [2.05, 4.69) is 0 Å². The Morgan fingerprint density at radius 2 is 1.93 bits per heavy atom. The van der Waals surface area contributed by atoms with Gasteiger partial charge in [0.25, 0.3) is 0 Å². The summed E-state index contributed by atoms with van der Waals surface area (Å²) in [4.78, 5) is 0. The molecule has 15 heavy (non-hydrogen) atoms. The molecular formula is C9H10Cl2O3S. The van der Waals surface area contributed by atoms with Crippen LogP contribution in [0.2, 0.25) is 0 Å². The molecule has 6 heteroatoms. The van der Waals surface area contributed by atoms with E-state index < -0.39 is 10.1 Å². The molecule has 0 saturated heterocycles. The number of hydrogen-bond acceptors (Lipinski definition) is 3. The van der Waals surface area contributed by atoms with E-state index in [9.17, 15) is 8.42 Å². The largest absolute Gasteiger partial charge is 0.382 e. The molecule has 0 amide bonds. The summed E-state index contributed by atoms with van der Waals surface area (Å²) in [5.41, 5.74) is 1.38. The zero-order valence-corrected chi connectivity index (χ0v) is 10.4. The monoisotopic (exact) mass is 268 g/mol. The third-order valence-corrected chi connectivity index (χ3v) is 2.79. The average Bonchev–Trinajstić information content (AvgIpc) is 2.15. The van der Waals surface area contributed by atoms with Gasteiger partial charge in [0.1, 0.15) is 5.75 Å². The van der Waals surface area contributed by atoms with Gasteiger partial charge in [-0.3, -0.25) is 0 Å². The fraction of sp³-hybridized carbons (Fsp3) is 0.333. The maximum atomic E-state index is 11.0. The molecule has 0 bridgehead atoms. The molecule has 0 spiro atoms. The van der Waals surface area contributed by atoms with Crippen LogP contribution in [-0.4, -0.2) is 14.7 Å². The highest BCUT2D eigenvalue weighted by Gasteiger charge is 2.12. The smallest absolute Gasteiger partial charge is 0.306 e. The number of alkyl halides is 2. The van der Waals surface area contributed by atoms with Crippen LogP contribution >= 0.6 is 23.2 Å². The Balaban J connectivity index is 3.18. The molecular weight excluding hydrogens is 259 g/mol. The van der Waals surface area contributed by atoms with Crippen molar-refractivity contribution >= 4 is 33.3 Å². The lowest BCUT2D eigenvalue weighted by Gasteiger charge is -2.10. The van der Waals surface area contributed by atoms with Crippen molar-refractivity contribution in [2.45, 2.75) is 11.8 Å². The fourth-order valence-corrected chi connectivity index (χ4v) is 2.17. The Bertz CT molecular complexity index is 443. The molecule has 0 atom stereocenters. The number of hydrogen-bond donors (Lipinski definition) is 0. The van der Waals surface area contributed by atoms with Gasteiger partial charge in [-0.2, -0.15) is 8.42 Å². The summed E-state index contributed by atoms with van der Waals surface area (Å²) in [7, 11) is -3.54. The van der Waals surface area contributed by atoms with Gasteiger partial charge in [0, 0.05) is 11.4 Å². The van der Waals surface area contributed by atoms with E-state index in [1.54, 1.807) is 18.2 Å². The van der Waals surface area contributed by atoms with Gasteiger partial charge in [-0.15, -0.1) is 23.2 Å². The highest BCUT2D eigenvalue weighted by molar-refractivity contribution is 7.86. The molecule has 1 rings (SSSR count). The van der Waals surface area contributed by atoms with Crippen LogP contribution < -0.4 is 4.18 Å². The van der Waals surface area contributed by atoms with Gasteiger partial charge in [-0.1, -0.05) is 12.1 Å². The van der Waals surface area contributed by atoms with E-state index in [0.717, 1.165) is 11.8 Å². The van der Waals surface area contributed by atoms with Gasteiger partial charge in [0.15, 0.2) is 0 Å². The van der Waals surface area contributed by atoms with Crippen molar-refractivity contribution in [3.8, 4) is 5.75 Å². The molecule has 3 nitrogen and oxygen atoms in total. The third kappa shape index (κ3) is 3.55. The summed E-state index contributed by atoms with van der Waals surface area (Å²) in [6.45, 7) is 0. The molecule has 0 unspecified atom stereocenters. The fourth-order valence-electron chi connectivity index (χ4n) is 1.13. The highest BCUT2D eigenvalue weighted by Crippen LogP contribution is 2.26. The van der Waals surface area contributed by atoms with Gasteiger partial charge in [-0.05, 0) is 11.6 Å². The molecule has 0 N–H and O–H groups in total. The predicted octanol–water partition coefficient (Wildman–Crippen LogP) is 2.50. The first-order valence-corrected chi connectivity index (χ1v) is 6.98. The third-order valence-electron chi connectivity index (χ3n) is 1.75. The Kier molecular flexibility index (Phi) is 4.25. The van der Waals surface area contributed by atoms with E-state index in [1.165, 1.54) is 0 Å². The van der Waals surface area contributed by atoms with Crippen LogP contribution in [0.3, 0.4) is 0 Å². The minimum absolute atomic E-state index is 0.160. The zero-order chi connectivity index (χ0) is 11.5. The van der Waals surface area contributed by atoms with Crippen LogP contribution in [0.4, 0.5) is 0 Å². The molecule has 0 aromatic heterocycles. The second-order valence-corrected chi connectivity index (χ2v) is 5.06. The molecule has 0 radical (unpaired) electrons. The molecule has 1 aromatic carbocycles. The number of halogens is 2. The van der Waals surface area contributed by atoms with Crippen molar-refractivity contribution in [3.63, 3.8) is 0 Å². The summed E-state index contributed by atoms with van der Waals surface area (Å²) in [5, 5.41) is 0. The SMILES string of the molecule is CS(=O)(=O)Oc1cccc(CCl)c1CCl. The van der Waals surface area contributed by atoms with E-state index in [-0.39, 0.29) is 17.5 Å². The lowest BCUT2D eigenvalue weighted by atomic mass is 10.1. The summed E-state index contributed by atoms with van der Waals surface area (Å²) in [6, 6.07) is 5.00. The summed E-state index contributed by atoms with van der Waals surface area (Å²) < 4.78 is 26.7. The average molecular weight is 269 g/mol. The lowest BCUT2D eigenvalue weighted by molar-refractivity contribution is 0.490. The summed E-state index contributed by atoms with van der Waals surface area (Å²) in [6.07, 6.45) is 0.985. The Morgan fingerprint density at radius 1 is 1.27 bits per heavy atom. The maximum absolute atomic E-state index is 11.0. The van der Waals surface area contributed by atoms with Gasteiger partial charge in [0.05, 0.1) is 12.1 Å². The second kappa shape index (κ2) is 5.05. The van der Waals surface area contributed by atoms with Gasteiger partial charge in [-0.25, -0.2) is 0 Å². The maximum Gasteiger partial charge on any atom is 0.306 e. The van der Waals surface area contributed by atoms with Crippen LogP contribution in [0.25, 0.3) is 0 Å². The molecule has 0 aliphatic heterocycles. The topological polar surface area (TPSA) is 43.4 Å². The Labute approximate surface area is 99.1 Å². The molecule has 0 heterocycles. The molecule has 84 valence electrons. The summed E-state index contributed by atoms with van der Waals surface area (Å²) >= 11 is 11.4. The first kappa shape index (κ1) is 12.6. The van der Waals surface area contributed by atoms with Gasteiger partial charge in [0.2, 0.25) is 0 Å². The van der Waals surface area contributed by atoms with Crippen LogP contribution in [-0.2, 0) is 21.9 Å². The molecule has 0 aliphatic rings. The van der Waals surface area contributed by atoms with Crippen molar-refractivity contribution in [3.05, 3.63) is 29.3 Å². The van der Waals surface area contributed by atoms with Crippen molar-refractivity contribution in [2.75, 3.05) is 6.26 Å². The van der Waals surface area contributed by atoms with Crippen LogP contribution in [0.1, 0.15) is 11.1 Å². The molecule has 1 aromatic rings. The second-order valence-electron chi connectivity index (χ2n) is 2.95. The number of benzene rings is 1. The van der Waals surface area contributed by atoms with E-state index in [4.69, 9.17) is 27.4 Å². The minimum Gasteiger partial charge on any atom is -0.382 e. The van der Waals surface area contributed by atoms with E-state index >= 15 is 0 Å². The van der Waals surface area contributed by atoms with Crippen molar-refractivity contribution in [1.82, 2.24) is 0 Å². The van der Waals surface area contributed by atoms with Crippen molar-refractivity contribution in [2.24, 2.45) is 0 Å². The highest BCUT2D eigenvalue weighted by atomic mass is 35.5. The predicted molar refractivity (Wildman–Crippen MR) is 61.0 cm³/mol. The quantitative estimate of drug-likeness (QED) is 0.623. The molecule has 0 fully saturated rings. The van der Waals surface area contributed by atoms with Crippen LogP contribution in [0.5, 0.6) is 5.75 Å².